The van der Waals surface area contributed by atoms with E-state index in [0.29, 0.717) is 12.0 Å². The minimum absolute atomic E-state index is 0.203. The van der Waals surface area contributed by atoms with Crippen LogP contribution in [0.4, 0.5) is 4.39 Å². The van der Waals surface area contributed by atoms with Crippen LogP contribution in [-0.4, -0.2) is 12.6 Å². The lowest BCUT2D eigenvalue weighted by Crippen LogP contribution is -2.29. The van der Waals surface area contributed by atoms with Crippen molar-refractivity contribution in [1.82, 2.24) is 5.32 Å². The summed E-state index contributed by atoms with van der Waals surface area (Å²) in [5.41, 5.74) is 0.822. The van der Waals surface area contributed by atoms with Crippen LogP contribution in [0, 0.1) is 11.7 Å². The van der Waals surface area contributed by atoms with Gasteiger partial charge in [-0.2, -0.15) is 0 Å². The van der Waals surface area contributed by atoms with Gasteiger partial charge >= 0.3 is 0 Å². The molecule has 2 aliphatic carbocycles. The Balaban J connectivity index is 1.80. The van der Waals surface area contributed by atoms with Gasteiger partial charge < -0.3 is 5.32 Å². The van der Waals surface area contributed by atoms with Gasteiger partial charge in [0.2, 0.25) is 0 Å². The third-order valence-corrected chi connectivity index (χ3v) is 5.35. The first kappa shape index (κ1) is 15.3. The first-order valence-electron chi connectivity index (χ1n) is 8.43. The van der Waals surface area contributed by atoms with Crippen molar-refractivity contribution in [3.8, 4) is 0 Å². The second kappa shape index (κ2) is 7.11. The first-order valence-corrected chi connectivity index (χ1v) is 8.81. The molecule has 116 valence electrons. The Morgan fingerprint density at radius 2 is 1.81 bits per heavy atom. The van der Waals surface area contributed by atoms with Gasteiger partial charge in [0.05, 0.1) is 5.02 Å². The molecule has 1 nitrogen and oxygen atoms in total. The van der Waals surface area contributed by atoms with Crippen LogP contribution >= 0.6 is 11.6 Å². The summed E-state index contributed by atoms with van der Waals surface area (Å²) in [6.07, 6.45) is 10.2. The van der Waals surface area contributed by atoms with E-state index in [-0.39, 0.29) is 16.8 Å². The lowest BCUT2D eigenvalue weighted by molar-refractivity contribution is 0.352. The van der Waals surface area contributed by atoms with E-state index in [1.807, 2.05) is 12.1 Å². The van der Waals surface area contributed by atoms with E-state index in [4.69, 9.17) is 11.6 Å². The zero-order chi connectivity index (χ0) is 14.7. The number of benzene rings is 1. The summed E-state index contributed by atoms with van der Waals surface area (Å²) < 4.78 is 14.5. The molecule has 1 N–H and O–H groups in total. The van der Waals surface area contributed by atoms with Gasteiger partial charge in [0.15, 0.2) is 0 Å². The lowest BCUT2D eigenvalue weighted by atomic mass is 9.81. The predicted molar refractivity (Wildman–Crippen MR) is 86.4 cm³/mol. The van der Waals surface area contributed by atoms with E-state index in [1.54, 1.807) is 6.07 Å². The summed E-state index contributed by atoms with van der Waals surface area (Å²) in [6.45, 7) is 0.895. The molecule has 1 aromatic rings. The summed E-state index contributed by atoms with van der Waals surface area (Å²) in [5.74, 6) is 0.653. The molecule has 0 amide bonds. The number of hydrogen-bond donors (Lipinski definition) is 1. The molecule has 0 saturated heterocycles. The largest absolute Gasteiger partial charge is 0.313 e. The molecule has 1 aromatic carbocycles. The molecule has 3 rings (SSSR count). The van der Waals surface area contributed by atoms with Crippen molar-refractivity contribution >= 4 is 11.6 Å². The summed E-state index contributed by atoms with van der Waals surface area (Å²) in [5, 5.41) is 3.87. The average Bonchev–Trinajstić information content (AvgIpc) is 3.30. The van der Waals surface area contributed by atoms with Crippen LogP contribution in [0.3, 0.4) is 0 Å². The van der Waals surface area contributed by atoms with Gasteiger partial charge in [-0.1, -0.05) is 49.4 Å². The molecule has 3 heteroatoms. The molecule has 0 aromatic heterocycles. The highest BCUT2D eigenvalue weighted by molar-refractivity contribution is 6.30. The van der Waals surface area contributed by atoms with Gasteiger partial charge in [-0.05, 0) is 43.2 Å². The molecule has 2 fully saturated rings. The zero-order valence-corrected chi connectivity index (χ0v) is 13.3. The second-order valence-corrected chi connectivity index (χ2v) is 7.09. The molecular formula is C18H25ClFN. The Labute approximate surface area is 132 Å². The van der Waals surface area contributed by atoms with Gasteiger partial charge in [-0.3, -0.25) is 0 Å². The normalized spacial score (nSPS) is 22.0. The average molecular weight is 310 g/mol. The summed E-state index contributed by atoms with van der Waals surface area (Å²) in [6, 6.07) is 6.15. The van der Waals surface area contributed by atoms with Crippen molar-refractivity contribution < 1.29 is 4.39 Å². The van der Waals surface area contributed by atoms with Crippen LogP contribution in [0.25, 0.3) is 0 Å². The van der Waals surface area contributed by atoms with Gasteiger partial charge in [0.25, 0.3) is 0 Å². The smallest absolute Gasteiger partial charge is 0.145 e. The third kappa shape index (κ3) is 3.98. The minimum Gasteiger partial charge on any atom is -0.313 e. The van der Waals surface area contributed by atoms with Crippen LogP contribution < -0.4 is 5.32 Å². The molecule has 1 unspecified atom stereocenters. The van der Waals surface area contributed by atoms with Crippen LogP contribution in [0.15, 0.2) is 18.2 Å². The van der Waals surface area contributed by atoms with Crippen molar-refractivity contribution in [1.29, 1.82) is 0 Å². The molecule has 0 spiro atoms. The second-order valence-electron chi connectivity index (χ2n) is 6.68. The molecule has 0 bridgehead atoms. The Morgan fingerprint density at radius 1 is 1.10 bits per heavy atom. The Hall–Kier alpha value is -0.600. The zero-order valence-electron chi connectivity index (χ0n) is 12.6. The first-order chi connectivity index (χ1) is 10.3. The van der Waals surface area contributed by atoms with Gasteiger partial charge in [-0.25, -0.2) is 4.39 Å². The van der Waals surface area contributed by atoms with Crippen LogP contribution in [0.2, 0.25) is 5.02 Å². The quantitative estimate of drug-likeness (QED) is 0.729. The third-order valence-electron chi connectivity index (χ3n) is 5.05. The van der Waals surface area contributed by atoms with E-state index < -0.39 is 0 Å². The highest BCUT2D eigenvalue weighted by Crippen LogP contribution is 2.37. The van der Waals surface area contributed by atoms with Crippen molar-refractivity contribution in [2.45, 2.75) is 63.3 Å². The Morgan fingerprint density at radius 3 is 2.48 bits per heavy atom. The van der Waals surface area contributed by atoms with Gasteiger partial charge in [-0.15, -0.1) is 0 Å². The maximum Gasteiger partial charge on any atom is 0.145 e. The molecular weight excluding hydrogens is 285 g/mol. The van der Waals surface area contributed by atoms with Gasteiger partial charge in [0.1, 0.15) is 5.82 Å². The molecule has 0 heterocycles. The van der Waals surface area contributed by atoms with Crippen LogP contribution in [-0.2, 0) is 0 Å². The van der Waals surface area contributed by atoms with Crippen molar-refractivity contribution in [3.63, 3.8) is 0 Å². The van der Waals surface area contributed by atoms with Gasteiger partial charge in [0, 0.05) is 18.5 Å². The standard InChI is InChI=1S/C18H25ClFN/c19-17-9-5-8-15(18(17)20)16(12-21-14-10-11-14)13-6-3-1-2-4-7-13/h5,8-9,13-14,16,21H,1-4,6-7,10-12H2. The summed E-state index contributed by atoms with van der Waals surface area (Å²) >= 11 is 6.01. The topological polar surface area (TPSA) is 12.0 Å². The summed E-state index contributed by atoms with van der Waals surface area (Å²) in [7, 11) is 0. The van der Waals surface area contributed by atoms with E-state index in [0.717, 1.165) is 12.1 Å². The van der Waals surface area contributed by atoms with Crippen LogP contribution in [0.1, 0.15) is 62.8 Å². The van der Waals surface area contributed by atoms with Crippen LogP contribution in [0.5, 0.6) is 0 Å². The molecule has 0 radical (unpaired) electrons. The monoisotopic (exact) mass is 309 g/mol. The fraction of sp³-hybridized carbons (Fsp3) is 0.667. The summed E-state index contributed by atoms with van der Waals surface area (Å²) in [4.78, 5) is 0. The molecule has 2 saturated carbocycles. The molecule has 1 atom stereocenters. The highest BCUT2D eigenvalue weighted by Gasteiger charge is 2.29. The number of rotatable bonds is 5. The maximum absolute atomic E-state index is 14.5. The van der Waals surface area contributed by atoms with E-state index in [1.165, 1.54) is 51.4 Å². The van der Waals surface area contributed by atoms with Crippen molar-refractivity contribution in [2.24, 2.45) is 5.92 Å². The lowest BCUT2D eigenvalue weighted by Gasteiger charge is -2.27. The fourth-order valence-electron chi connectivity index (χ4n) is 3.63. The fourth-order valence-corrected chi connectivity index (χ4v) is 3.81. The number of halogens is 2. The van der Waals surface area contributed by atoms with Crippen molar-refractivity contribution in [3.05, 3.63) is 34.6 Å². The SMILES string of the molecule is Fc1c(Cl)cccc1C(CNC1CC1)C1CCCCCC1. The molecule has 0 aliphatic heterocycles. The van der Waals surface area contributed by atoms with E-state index in [2.05, 4.69) is 5.32 Å². The van der Waals surface area contributed by atoms with Crippen molar-refractivity contribution in [2.75, 3.05) is 6.54 Å². The predicted octanol–water partition coefficient (Wildman–Crippen LogP) is 5.29. The molecule has 21 heavy (non-hydrogen) atoms. The maximum atomic E-state index is 14.5. The molecule has 2 aliphatic rings. The number of hydrogen-bond acceptors (Lipinski definition) is 1. The number of nitrogens with one attached hydrogen (secondary N) is 1. The van der Waals surface area contributed by atoms with E-state index in [9.17, 15) is 4.39 Å². The highest BCUT2D eigenvalue weighted by atomic mass is 35.5. The van der Waals surface area contributed by atoms with E-state index >= 15 is 0 Å². The minimum atomic E-state index is -0.203. The Bertz CT molecular complexity index is 464. The Kier molecular flexibility index (Phi) is 5.18.